The van der Waals surface area contributed by atoms with Crippen LogP contribution in [0.25, 0.3) is 22.0 Å². The van der Waals surface area contributed by atoms with Crippen LogP contribution in [0.4, 0.5) is 0 Å². The number of hydrogen-bond acceptors (Lipinski definition) is 6. The Morgan fingerprint density at radius 3 is 2.79 bits per heavy atom. The molecule has 3 heterocycles. The highest BCUT2D eigenvalue weighted by atomic mass is 32.1. The van der Waals surface area contributed by atoms with Gasteiger partial charge in [0.05, 0.1) is 23.1 Å². The van der Waals surface area contributed by atoms with Gasteiger partial charge in [-0.25, -0.2) is 9.98 Å². The second-order valence-corrected chi connectivity index (χ2v) is 8.78. The third kappa shape index (κ3) is 3.32. The first-order chi connectivity index (χ1) is 16.2. The van der Waals surface area contributed by atoms with E-state index in [-0.39, 0.29) is 11.6 Å². The molecule has 0 radical (unpaired) electrons. The summed E-state index contributed by atoms with van der Waals surface area (Å²) in [6.45, 7) is 0. The summed E-state index contributed by atoms with van der Waals surface area (Å²) in [5, 5.41) is 22.6. The van der Waals surface area contributed by atoms with Crippen LogP contribution in [0.15, 0.2) is 83.1 Å². The van der Waals surface area contributed by atoms with E-state index < -0.39 is 5.92 Å². The van der Waals surface area contributed by atoms with Gasteiger partial charge in [0.2, 0.25) is 5.91 Å². The fraction of sp³-hybridized carbons (Fsp3) is 0.0800. The van der Waals surface area contributed by atoms with Crippen molar-refractivity contribution >= 4 is 50.8 Å². The lowest BCUT2D eigenvalue weighted by molar-refractivity contribution is -0.121. The Bertz CT molecular complexity index is 1490. The van der Waals surface area contributed by atoms with Crippen LogP contribution >= 0.6 is 11.3 Å². The van der Waals surface area contributed by atoms with Crippen LogP contribution in [0.5, 0.6) is 0 Å². The third-order valence-electron chi connectivity index (χ3n) is 5.85. The molecule has 2 aromatic carbocycles. The molecule has 4 aromatic rings. The van der Waals surface area contributed by atoms with Crippen LogP contribution < -0.4 is 5.32 Å². The Morgan fingerprint density at radius 2 is 1.97 bits per heavy atom. The fourth-order valence-electron chi connectivity index (χ4n) is 4.34. The van der Waals surface area contributed by atoms with E-state index in [0.717, 1.165) is 32.6 Å². The van der Waals surface area contributed by atoms with Gasteiger partial charge in [-0.15, -0.1) is 11.3 Å². The fourth-order valence-corrected chi connectivity index (χ4v) is 5.00. The normalized spacial score (nSPS) is 18.1. The van der Waals surface area contributed by atoms with Crippen LogP contribution in [0, 0.1) is 11.3 Å². The second kappa shape index (κ2) is 7.75. The van der Waals surface area contributed by atoms with Gasteiger partial charge in [-0.05, 0) is 23.3 Å². The van der Waals surface area contributed by atoms with E-state index in [0.29, 0.717) is 23.5 Å². The summed E-state index contributed by atoms with van der Waals surface area (Å²) >= 11 is 1.49. The summed E-state index contributed by atoms with van der Waals surface area (Å²) in [5.41, 5.74) is 5.04. The first kappa shape index (κ1) is 19.5. The smallest absolute Gasteiger partial charge is 0.240 e. The molecule has 1 amide bonds. The van der Waals surface area contributed by atoms with Crippen molar-refractivity contribution in [3.63, 3.8) is 0 Å². The minimum absolute atomic E-state index is 0.221. The van der Waals surface area contributed by atoms with Crippen LogP contribution in [0.2, 0.25) is 0 Å². The average Bonchev–Trinajstić information content (AvgIpc) is 3.52. The topological polar surface area (TPSA) is 107 Å². The summed E-state index contributed by atoms with van der Waals surface area (Å²) in [5.74, 6) is -0.464. The van der Waals surface area contributed by atoms with Gasteiger partial charge in [0, 0.05) is 34.5 Å². The van der Waals surface area contributed by atoms with E-state index in [1.807, 2.05) is 60.0 Å². The number of carbonyl (C=O) groups is 1. The van der Waals surface area contributed by atoms with Crippen LogP contribution in [0.1, 0.15) is 16.1 Å². The summed E-state index contributed by atoms with van der Waals surface area (Å²) in [6, 6.07) is 15.7. The van der Waals surface area contributed by atoms with Crippen LogP contribution in [0.3, 0.4) is 0 Å². The second-order valence-electron chi connectivity index (χ2n) is 7.89. The van der Waals surface area contributed by atoms with Crippen molar-refractivity contribution in [2.24, 2.45) is 10.9 Å². The summed E-state index contributed by atoms with van der Waals surface area (Å²) in [7, 11) is 0. The molecule has 1 unspecified atom stereocenters. The van der Waals surface area contributed by atoms with Gasteiger partial charge in [-0.2, -0.15) is 5.10 Å². The van der Waals surface area contributed by atoms with E-state index in [2.05, 4.69) is 20.5 Å². The maximum Gasteiger partial charge on any atom is 0.240 e. The predicted octanol–water partition coefficient (Wildman–Crippen LogP) is 4.23. The first-order valence-corrected chi connectivity index (χ1v) is 11.4. The highest BCUT2D eigenvalue weighted by Gasteiger charge is 2.39. The van der Waals surface area contributed by atoms with Gasteiger partial charge < -0.3 is 10.7 Å². The van der Waals surface area contributed by atoms with Crippen molar-refractivity contribution in [3.8, 4) is 0 Å². The molecule has 0 bridgehead atoms. The van der Waals surface area contributed by atoms with Crippen LogP contribution in [-0.2, 0) is 11.2 Å². The minimum atomic E-state index is -0.800. The van der Waals surface area contributed by atoms with Gasteiger partial charge in [0.1, 0.15) is 16.8 Å². The van der Waals surface area contributed by atoms with Gasteiger partial charge >= 0.3 is 0 Å². The molecule has 0 saturated carbocycles. The molecule has 3 N–H and O–H groups in total. The molecule has 0 spiro atoms. The predicted molar refractivity (Wildman–Crippen MR) is 130 cm³/mol. The van der Waals surface area contributed by atoms with Crippen molar-refractivity contribution < 1.29 is 4.79 Å². The van der Waals surface area contributed by atoms with Crippen molar-refractivity contribution in [2.45, 2.75) is 6.42 Å². The number of aromatic amines is 1. The Labute approximate surface area is 193 Å². The molecule has 1 aliphatic carbocycles. The third-order valence-corrected chi connectivity index (χ3v) is 6.66. The van der Waals surface area contributed by atoms with Crippen molar-refractivity contribution in [2.75, 3.05) is 0 Å². The number of carbonyl (C=O) groups excluding carboxylic acids is 1. The molecule has 160 valence electrons. The van der Waals surface area contributed by atoms with Crippen molar-refractivity contribution in [1.29, 1.82) is 5.41 Å². The summed E-state index contributed by atoms with van der Waals surface area (Å²) in [6.07, 6.45) is 5.94. The number of amidine groups is 1. The summed E-state index contributed by atoms with van der Waals surface area (Å²) < 4.78 is 0. The Kier molecular flexibility index (Phi) is 4.58. The lowest BCUT2D eigenvalue weighted by Crippen LogP contribution is -2.45. The zero-order valence-corrected chi connectivity index (χ0v) is 18.2. The summed E-state index contributed by atoms with van der Waals surface area (Å²) in [4.78, 5) is 22.7. The standard InChI is InChI=1S/C25H18N6OS/c26-22-16(15-7-4-8-19-18(15)13-28-31-19)12-17(25-27-9-10-33-25)23-21(22)24(32)30-20(29-23)11-14-5-2-1-3-6-14/h1-10,12-13,21,26H,11H2,(H,28,31)(H,29,30,32). The molecule has 7 nitrogen and oxygen atoms in total. The number of thiazole rings is 1. The van der Waals surface area contributed by atoms with E-state index in [4.69, 9.17) is 10.4 Å². The lowest BCUT2D eigenvalue weighted by Gasteiger charge is -2.30. The number of benzene rings is 2. The average molecular weight is 451 g/mol. The van der Waals surface area contributed by atoms with E-state index in [9.17, 15) is 4.79 Å². The highest BCUT2D eigenvalue weighted by Crippen LogP contribution is 2.40. The van der Waals surface area contributed by atoms with Gasteiger partial charge in [0.25, 0.3) is 0 Å². The number of hydrogen-bond donors (Lipinski definition) is 3. The molecule has 33 heavy (non-hydrogen) atoms. The molecule has 6 rings (SSSR count). The number of aliphatic imine (C=N–C) groups is 1. The maximum atomic E-state index is 13.3. The Morgan fingerprint density at radius 1 is 1.09 bits per heavy atom. The van der Waals surface area contributed by atoms with Crippen molar-refractivity contribution in [1.82, 2.24) is 20.5 Å². The number of fused-ring (bicyclic) bond motifs is 2. The van der Waals surface area contributed by atoms with E-state index >= 15 is 0 Å². The first-order valence-electron chi connectivity index (χ1n) is 10.5. The quantitative estimate of drug-likeness (QED) is 0.433. The molecule has 1 aliphatic heterocycles. The molecule has 1 atom stereocenters. The molecular weight excluding hydrogens is 432 g/mol. The number of nitrogens with zero attached hydrogens (tertiary/aromatic N) is 3. The Hall–Kier alpha value is -4.17. The number of H-pyrrole nitrogens is 1. The number of allylic oxidation sites excluding steroid dienone is 3. The molecule has 8 heteroatoms. The van der Waals surface area contributed by atoms with Gasteiger partial charge in [-0.3, -0.25) is 9.89 Å². The van der Waals surface area contributed by atoms with Gasteiger partial charge in [0.15, 0.2) is 0 Å². The number of amides is 1. The molecule has 0 fully saturated rings. The monoisotopic (exact) mass is 450 g/mol. The molecule has 2 aliphatic rings. The molecule has 0 saturated heterocycles. The lowest BCUT2D eigenvalue weighted by atomic mass is 9.80. The number of rotatable bonds is 4. The van der Waals surface area contributed by atoms with Crippen molar-refractivity contribution in [3.05, 3.63) is 94.2 Å². The largest absolute Gasteiger partial charge is 0.313 e. The number of aromatic nitrogens is 3. The molecule has 2 aromatic heterocycles. The van der Waals surface area contributed by atoms with Gasteiger partial charge in [-0.1, -0.05) is 42.5 Å². The maximum absolute atomic E-state index is 13.3. The number of nitrogens with one attached hydrogen (secondary N) is 3. The highest BCUT2D eigenvalue weighted by molar-refractivity contribution is 7.10. The van der Waals surface area contributed by atoms with E-state index in [1.165, 1.54) is 11.3 Å². The molecular formula is C25H18N6OS. The van der Waals surface area contributed by atoms with Crippen LogP contribution in [-0.4, -0.2) is 32.6 Å². The minimum Gasteiger partial charge on any atom is -0.313 e. The Balaban J connectivity index is 1.54. The zero-order valence-electron chi connectivity index (χ0n) is 17.4. The SMILES string of the molecule is N=C1C(c2cccc3[nH]ncc23)=CC(c2nccs2)=C2N=C(Cc3ccccc3)NC(=O)C12. The van der Waals surface area contributed by atoms with E-state index in [1.54, 1.807) is 12.4 Å². The zero-order chi connectivity index (χ0) is 22.4.